The molecule has 0 bridgehead atoms. The fourth-order valence-corrected chi connectivity index (χ4v) is 1.51. The SMILES string of the molecule is CCCCc1cc(C)cc(C(=O)O)c1. The van der Waals surface area contributed by atoms with Gasteiger partial charge in [-0.2, -0.15) is 0 Å². The third kappa shape index (κ3) is 2.87. The number of unbranched alkanes of at least 4 members (excludes halogenated alkanes) is 1. The topological polar surface area (TPSA) is 37.3 Å². The Kier molecular flexibility index (Phi) is 3.69. The standard InChI is InChI=1S/C12H16O2/c1-3-4-5-10-6-9(2)7-11(8-10)12(13)14/h6-8H,3-5H2,1-2H3,(H,13,14). The van der Waals surface area contributed by atoms with Crippen molar-refractivity contribution in [2.75, 3.05) is 0 Å². The Hall–Kier alpha value is -1.31. The van der Waals surface area contributed by atoms with E-state index in [2.05, 4.69) is 13.0 Å². The monoisotopic (exact) mass is 192 g/mol. The Morgan fingerprint density at radius 1 is 1.36 bits per heavy atom. The van der Waals surface area contributed by atoms with Crippen LogP contribution >= 0.6 is 0 Å². The predicted octanol–water partition coefficient (Wildman–Crippen LogP) is 3.04. The molecule has 1 aromatic carbocycles. The highest BCUT2D eigenvalue weighted by atomic mass is 16.4. The van der Waals surface area contributed by atoms with Crippen LogP contribution in [0.5, 0.6) is 0 Å². The van der Waals surface area contributed by atoms with E-state index in [1.54, 1.807) is 12.1 Å². The van der Waals surface area contributed by atoms with Crippen LogP contribution in [0.3, 0.4) is 0 Å². The van der Waals surface area contributed by atoms with Crippen LogP contribution in [0.2, 0.25) is 0 Å². The molecule has 1 rings (SSSR count). The minimum atomic E-state index is -0.841. The van der Waals surface area contributed by atoms with Crippen molar-refractivity contribution < 1.29 is 9.90 Å². The van der Waals surface area contributed by atoms with Gasteiger partial charge in [0, 0.05) is 0 Å². The van der Waals surface area contributed by atoms with Gasteiger partial charge in [-0.15, -0.1) is 0 Å². The van der Waals surface area contributed by atoms with Gasteiger partial charge in [0.15, 0.2) is 0 Å². The minimum absolute atomic E-state index is 0.399. The largest absolute Gasteiger partial charge is 0.478 e. The van der Waals surface area contributed by atoms with E-state index in [1.807, 2.05) is 6.92 Å². The van der Waals surface area contributed by atoms with E-state index in [0.29, 0.717) is 5.56 Å². The van der Waals surface area contributed by atoms with Crippen LogP contribution in [0.15, 0.2) is 18.2 Å². The number of benzene rings is 1. The normalized spacial score (nSPS) is 10.1. The number of aromatic carboxylic acids is 1. The van der Waals surface area contributed by atoms with Crippen molar-refractivity contribution in [2.24, 2.45) is 0 Å². The molecule has 1 N–H and O–H groups in total. The maximum atomic E-state index is 10.8. The molecule has 2 nitrogen and oxygen atoms in total. The van der Waals surface area contributed by atoms with Crippen molar-refractivity contribution in [3.8, 4) is 0 Å². The zero-order valence-electron chi connectivity index (χ0n) is 8.71. The highest BCUT2D eigenvalue weighted by Gasteiger charge is 2.04. The molecule has 0 amide bonds. The van der Waals surface area contributed by atoms with Gasteiger partial charge in [0.2, 0.25) is 0 Å². The molecule has 14 heavy (non-hydrogen) atoms. The second-order valence-electron chi connectivity index (χ2n) is 3.62. The average Bonchev–Trinajstić information content (AvgIpc) is 2.14. The quantitative estimate of drug-likeness (QED) is 0.796. The minimum Gasteiger partial charge on any atom is -0.478 e. The van der Waals surface area contributed by atoms with Crippen molar-refractivity contribution >= 4 is 5.97 Å². The van der Waals surface area contributed by atoms with Gasteiger partial charge >= 0.3 is 5.97 Å². The first kappa shape index (κ1) is 10.8. The van der Waals surface area contributed by atoms with Crippen LogP contribution in [0.25, 0.3) is 0 Å². The lowest BCUT2D eigenvalue weighted by atomic mass is 10.0. The Morgan fingerprint density at radius 2 is 2.07 bits per heavy atom. The number of aryl methyl sites for hydroxylation is 2. The van der Waals surface area contributed by atoms with Gasteiger partial charge in [-0.25, -0.2) is 4.79 Å². The molecule has 76 valence electrons. The van der Waals surface area contributed by atoms with Crippen molar-refractivity contribution in [1.29, 1.82) is 0 Å². The number of carboxylic acids is 1. The molecule has 0 spiro atoms. The summed E-state index contributed by atoms with van der Waals surface area (Å²) in [6.45, 7) is 4.07. The zero-order chi connectivity index (χ0) is 10.6. The maximum absolute atomic E-state index is 10.8. The van der Waals surface area contributed by atoms with Crippen LogP contribution in [0.4, 0.5) is 0 Å². The van der Waals surface area contributed by atoms with Gasteiger partial charge < -0.3 is 5.11 Å². The first-order valence-corrected chi connectivity index (χ1v) is 4.97. The Bertz CT molecular complexity index is 329. The second-order valence-corrected chi connectivity index (χ2v) is 3.62. The molecule has 0 saturated heterocycles. The smallest absolute Gasteiger partial charge is 0.335 e. The molecule has 1 aromatic rings. The number of carbonyl (C=O) groups is 1. The molecule has 0 unspecified atom stereocenters. The molecule has 0 aliphatic rings. The molecule has 0 aromatic heterocycles. The van der Waals surface area contributed by atoms with Crippen molar-refractivity contribution in [1.82, 2.24) is 0 Å². The summed E-state index contributed by atoms with van der Waals surface area (Å²) in [7, 11) is 0. The summed E-state index contributed by atoms with van der Waals surface area (Å²) >= 11 is 0. The first-order valence-electron chi connectivity index (χ1n) is 4.97. The first-order chi connectivity index (χ1) is 6.63. The van der Waals surface area contributed by atoms with Gasteiger partial charge in [-0.1, -0.05) is 25.0 Å². The van der Waals surface area contributed by atoms with Crippen LogP contribution in [0.1, 0.15) is 41.3 Å². The highest BCUT2D eigenvalue weighted by molar-refractivity contribution is 5.88. The molecule has 0 fully saturated rings. The summed E-state index contributed by atoms with van der Waals surface area (Å²) in [5.74, 6) is -0.841. The van der Waals surface area contributed by atoms with E-state index >= 15 is 0 Å². The van der Waals surface area contributed by atoms with Crippen molar-refractivity contribution in [3.05, 3.63) is 34.9 Å². The lowest BCUT2D eigenvalue weighted by Gasteiger charge is -2.03. The third-order valence-electron chi connectivity index (χ3n) is 2.20. The summed E-state index contributed by atoms with van der Waals surface area (Å²) in [5, 5.41) is 8.86. The zero-order valence-corrected chi connectivity index (χ0v) is 8.71. The molecular formula is C12H16O2. The summed E-state index contributed by atoms with van der Waals surface area (Å²) in [5.41, 5.74) is 2.55. The van der Waals surface area contributed by atoms with E-state index in [0.717, 1.165) is 30.4 Å². The average molecular weight is 192 g/mol. The summed E-state index contributed by atoms with van der Waals surface area (Å²) in [4.78, 5) is 10.8. The molecule has 0 saturated carbocycles. The second kappa shape index (κ2) is 4.80. The van der Waals surface area contributed by atoms with Crippen molar-refractivity contribution in [3.63, 3.8) is 0 Å². The summed E-state index contributed by atoms with van der Waals surface area (Å²) in [6.07, 6.45) is 3.22. The lowest BCUT2D eigenvalue weighted by molar-refractivity contribution is 0.0696. The van der Waals surface area contributed by atoms with Gasteiger partial charge in [0.25, 0.3) is 0 Å². The Labute approximate surface area is 84.6 Å². The number of rotatable bonds is 4. The fraction of sp³-hybridized carbons (Fsp3) is 0.417. The maximum Gasteiger partial charge on any atom is 0.335 e. The van der Waals surface area contributed by atoms with E-state index in [1.165, 1.54) is 0 Å². The molecule has 0 atom stereocenters. The third-order valence-corrected chi connectivity index (χ3v) is 2.20. The van der Waals surface area contributed by atoms with Gasteiger partial charge in [0.1, 0.15) is 0 Å². The molecule has 0 heterocycles. The number of carboxylic acid groups (broad SMARTS) is 1. The molecule has 0 aliphatic heterocycles. The van der Waals surface area contributed by atoms with E-state index < -0.39 is 5.97 Å². The van der Waals surface area contributed by atoms with Crippen LogP contribution < -0.4 is 0 Å². The number of hydrogen-bond donors (Lipinski definition) is 1. The highest BCUT2D eigenvalue weighted by Crippen LogP contribution is 2.12. The van der Waals surface area contributed by atoms with Crippen molar-refractivity contribution in [2.45, 2.75) is 33.1 Å². The summed E-state index contributed by atoms with van der Waals surface area (Å²) < 4.78 is 0. The van der Waals surface area contributed by atoms with Gasteiger partial charge in [-0.3, -0.25) is 0 Å². The number of hydrogen-bond acceptors (Lipinski definition) is 1. The summed E-state index contributed by atoms with van der Waals surface area (Å²) in [6, 6.07) is 5.53. The van der Waals surface area contributed by atoms with Gasteiger partial charge in [0.05, 0.1) is 5.56 Å². The van der Waals surface area contributed by atoms with E-state index in [9.17, 15) is 4.79 Å². The van der Waals surface area contributed by atoms with Crippen LogP contribution in [0, 0.1) is 6.92 Å². The Morgan fingerprint density at radius 3 is 2.64 bits per heavy atom. The molecule has 0 radical (unpaired) electrons. The van der Waals surface area contributed by atoms with E-state index in [-0.39, 0.29) is 0 Å². The molecular weight excluding hydrogens is 176 g/mol. The van der Waals surface area contributed by atoms with Crippen LogP contribution in [-0.4, -0.2) is 11.1 Å². The lowest BCUT2D eigenvalue weighted by Crippen LogP contribution is -1.98. The van der Waals surface area contributed by atoms with Gasteiger partial charge in [-0.05, 0) is 37.5 Å². The molecule has 2 heteroatoms. The molecule has 0 aliphatic carbocycles. The predicted molar refractivity (Wildman–Crippen MR) is 56.8 cm³/mol. The fourth-order valence-electron chi connectivity index (χ4n) is 1.51. The Balaban J connectivity index is 2.89. The van der Waals surface area contributed by atoms with E-state index in [4.69, 9.17) is 5.11 Å². The van der Waals surface area contributed by atoms with Crippen LogP contribution in [-0.2, 0) is 6.42 Å².